The fourth-order valence-corrected chi connectivity index (χ4v) is 2.63. The van der Waals surface area contributed by atoms with Crippen LogP contribution in [-0.4, -0.2) is 23.6 Å². The molecule has 6 heteroatoms. The van der Waals surface area contributed by atoms with Crippen molar-refractivity contribution in [2.24, 2.45) is 0 Å². The summed E-state index contributed by atoms with van der Waals surface area (Å²) < 4.78 is 6.28. The molecule has 5 nitrogen and oxygen atoms in total. The Morgan fingerprint density at radius 2 is 1.96 bits per heavy atom. The number of carboxylic acids is 1. The van der Waals surface area contributed by atoms with Crippen LogP contribution in [0.25, 0.3) is 0 Å². The molecule has 1 amide bonds. The Kier molecular flexibility index (Phi) is 7.01. The van der Waals surface area contributed by atoms with E-state index in [4.69, 9.17) is 4.74 Å². The molecule has 0 aliphatic rings. The first-order chi connectivity index (χ1) is 12.0. The lowest BCUT2D eigenvalue weighted by atomic mass is 10.1. The van der Waals surface area contributed by atoms with Gasteiger partial charge in [-0.15, -0.1) is 0 Å². The molecular weight excluding hydrogens is 386 g/mol. The number of unbranched alkanes of at least 4 members (excludes halogenated alkanes) is 2. The third-order valence-corrected chi connectivity index (χ3v) is 4.07. The van der Waals surface area contributed by atoms with E-state index >= 15 is 0 Å². The predicted octanol–water partition coefficient (Wildman–Crippen LogP) is 4.97. The van der Waals surface area contributed by atoms with Gasteiger partial charge in [-0.1, -0.05) is 41.8 Å². The van der Waals surface area contributed by atoms with Crippen LogP contribution in [0, 0.1) is 0 Å². The molecule has 0 aliphatic carbocycles. The van der Waals surface area contributed by atoms with E-state index in [0.29, 0.717) is 22.4 Å². The van der Waals surface area contributed by atoms with E-state index < -0.39 is 5.97 Å². The first-order valence-electron chi connectivity index (χ1n) is 8.08. The molecule has 0 fully saturated rings. The number of rotatable bonds is 8. The Morgan fingerprint density at radius 3 is 2.68 bits per heavy atom. The monoisotopic (exact) mass is 405 g/mol. The lowest BCUT2D eigenvalue weighted by molar-refractivity contribution is 0.0698. The predicted molar refractivity (Wildman–Crippen MR) is 101 cm³/mol. The van der Waals surface area contributed by atoms with Crippen LogP contribution in [0.5, 0.6) is 5.75 Å². The highest BCUT2D eigenvalue weighted by Crippen LogP contribution is 2.22. The second-order valence-electron chi connectivity index (χ2n) is 5.53. The summed E-state index contributed by atoms with van der Waals surface area (Å²) in [6.07, 6.45) is 3.18. The van der Waals surface area contributed by atoms with Gasteiger partial charge in [0, 0.05) is 10.0 Å². The number of carboxylic acid groups (broad SMARTS) is 1. The zero-order chi connectivity index (χ0) is 18.2. The molecule has 0 saturated carbocycles. The van der Waals surface area contributed by atoms with Crippen molar-refractivity contribution in [2.45, 2.75) is 26.2 Å². The molecular formula is C19H20BrNO4. The number of carbonyl (C=O) groups is 2. The van der Waals surface area contributed by atoms with E-state index in [2.05, 4.69) is 28.2 Å². The zero-order valence-corrected chi connectivity index (χ0v) is 15.5. The van der Waals surface area contributed by atoms with Gasteiger partial charge in [0.1, 0.15) is 5.75 Å². The minimum absolute atomic E-state index is 0.0229. The molecule has 0 spiro atoms. The van der Waals surface area contributed by atoms with Crippen LogP contribution < -0.4 is 10.1 Å². The van der Waals surface area contributed by atoms with Crippen LogP contribution in [0.4, 0.5) is 5.69 Å². The number of nitrogens with one attached hydrogen (secondary N) is 1. The van der Waals surface area contributed by atoms with E-state index in [1.165, 1.54) is 6.07 Å². The van der Waals surface area contributed by atoms with Crippen molar-refractivity contribution in [1.82, 2.24) is 0 Å². The van der Waals surface area contributed by atoms with Gasteiger partial charge in [-0.2, -0.15) is 0 Å². The lowest BCUT2D eigenvalue weighted by Gasteiger charge is -2.10. The van der Waals surface area contributed by atoms with Crippen LogP contribution in [-0.2, 0) is 0 Å². The number of benzene rings is 2. The summed E-state index contributed by atoms with van der Waals surface area (Å²) in [6, 6.07) is 11.5. The largest absolute Gasteiger partial charge is 0.494 e. The number of anilines is 1. The SMILES string of the molecule is CCCCCOc1cccc(C(=O)Nc2ccc(Br)cc2C(=O)O)c1. The maximum atomic E-state index is 12.4. The molecule has 0 atom stereocenters. The lowest BCUT2D eigenvalue weighted by Crippen LogP contribution is -2.15. The Balaban J connectivity index is 2.10. The third kappa shape index (κ3) is 5.60. The van der Waals surface area contributed by atoms with E-state index in [-0.39, 0.29) is 17.2 Å². The summed E-state index contributed by atoms with van der Waals surface area (Å²) in [6.45, 7) is 2.73. The van der Waals surface area contributed by atoms with Gasteiger partial charge in [0.25, 0.3) is 5.91 Å². The molecule has 2 aromatic carbocycles. The molecule has 0 bridgehead atoms. The molecule has 0 unspecified atom stereocenters. The van der Waals surface area contributed by atoms with Gasteiger partial charge in [-0.05, 0) is 42.8 Å². The first-order valence-corrected chi connectivity index (χ1v) is 8.87. The van der Waals surface area contributed by atoms with Crippen LogP contribution in [0.1, 0.15) is 46.9 Å². The molecule has 0 aromatic heterocycles. The number of halogens is 1. The number of hydrogen-bond acceptors (Lipinski definition) is 3. The van der Waals surface area contributed by atoms with E-state index in [0.717, 1.165) is 19.3 Å². The van der Waals surface area contributed by atoms with Crippen LogP contribution >= 0.6 is 15.9 Å². The van der Waals surface area contributed by atoms with E-state index in [9.17, 15) is 14.7 Å². The minimum atomic E-state index is -1.11. The maximum Gasteiger partial charge on any atom is 0.337 e. The molecule has 0 saturated heterocycles. The Hall–Kier alpha value is -2.34. The minimum Gasteiger partial charge on any atom is -0.494 e. The van der Waals surface area contributed by atoms with Crippen molar-refractivity contribution in [3.8, 4) is 5.75 Å². The first kappa shape index (κ1) is 19.0. The number of hydrogen-bond donors (Lipinski definition) is 2. The van der Waals surface area contributed by atoms with E-state index in [1.807, 2.05) is 0 Å². The highest BCUT2D eigenvalue weighted by Gasteiger charge is 2.14. The number of carbonyl (C=O) groups excluding carboxylic acids is 1. The number of ether oxygens (including phenoxy) is 1. The van der Waals surface area contributed by atoms with Crippen LogP contribution in [0.15, 0.2) is 46.9 Å². The Labute approximate surface area is 155 Å². The highest BCUT2D eigenvalue weighted by atomic mass is 79.9. The summed E-state index contributed by atoms with van der Waals surface area (Å²) in [5, 5.41) is 11.9. The van der Waals surface area contributed by atoms with Crippen molar-refractivity contribution in [3.05, 3.63) is 58.1 Å². The average molecular weight is 406 g/mol. The molecule has 0 aliphatic heterocycles. The molecule has 2 aromatic rings. The summed E-state index contributed by atoms with van der Waals surface area (Å²) >= 11 is 3.23. The molecule has 0 heterocycles. The fraction of sp³-hybridized carbons (Fsp3) is 0.263. The van der Waals surface area contributed by atoms with Gasteiger partial charge in [0.15, 0.2) is 0 Å². The fourth-order valence-electron chi connectivity index (χ4n) is 2.27. The maximum absolute atomic E-state index is 12.4. The van der Waals surface area contributed by atoms with Gasteiger partial charge >= 0.3 is 5.97 Å². The molecule has 2 N–H and O–H groups in total. The normalized spacial score (nSPS) is 10.3. The molecule has 132 valence electrons. The quantitative estimate of drug-likeness (QED) is 0.607. The average Bonchev–Trinajstić information content (AvgIpc) is 2.60. The van der Waals surface area contributed by atoms with Crippen molar-refractivity contribution in [2.75, 3.05) is 11.9 Å². The van der Waals surface area contributed by atoms with Crippen molar-refractivity contribution in [1.29, 1.82) is 0 Å². The third-order valence-electron chi connectivity index (χ3n) is 3.57. The summed E-state index contributed by atoms with van der Waals surface area (Å²) in [7, 11) is 0. The van der Waals surface area contributed by atoms with E-state index in [1.54, 1.807) is 36.4 Å². The summed E-state index contributed by atoms with van der Waals surface area (Å²) in [5.41, 5.74) is 0.678. The topological polar surface area (TPSA) is 75.6 Å². The highest BCUT2D eigenvalue weighted by molar-refractivity contribution is 9.10. The van der Waals surface area contributed by atoms with Crippen molar-refractivity contribution < 1.29 is 19.4 Å². The van der Waals surface area contributed by atoms with Crippen LogP contribution in [0.3, 0.4) is 0 Å². The van der Waals surface area contributed by atoms with Crippen LogP contribution in [0.2, 0.25) is 0 Å². The smallest absolute Gasteiger partial charge is 0.337 e. The number of amides is 1. The number of aromatic carboxylic acids is 1. The van der Waals surface area contributed by atoms with Gasteiger partial charge in [-0.3, -0.25) is 4.79 Å². The molecule has 25 heavy (non-hydrogen) atoms. The standard InChI is InChI=1S/C19H20BrNO4/c1-2-3-4-10-25-15-7-5-6-13(11-15)18(22)21-17-9-8-14(20)12-16(17)19(23)24/h5-9,11-12H,2-4,10H2,1H3,(H,21,22)(H,23,24). The summed E-state index contributed by atoms with van der Waals surface area (Å²) in [4.78, 5) is 23.8. The van der Waals surface area contributed by atoms with Crippen molar-refractivity contribution >= 4 is 33.5 Å². The Bertz CT molecular complexity index is 761. The van der Waals surface area contributed by atoms with Gasteiger partial charge in [-0.25, -0.2) is 4.79 Å². The second kappa shape index (κ2) is 9.22. The summed E-state index contributed by atoms with van der Waals surface area (Å²) in [5.74, 6) is -0.869. The van der Waals surface area contributed by atoms with Gasteiger partial charge < -0.3 is 15.2 Å². The zero-order valence-electron chi connectivity index (χ0n) is 13.9. The van der Waals surface area contributed by atoms with Gasteiger partial charge in [0.2, 0.25) is 0 Å². The second-order valence-corrected chi connectivity index (χ2v) is 6.45. The molecule has 2 rings (SSSR count). The van der Waals surface area contributed by atoms with Gasteiger partial charge in [0.05, 0.1) is 17.9 Å². The van der Waals surface area contributed by atoms with Crippen molar-refractivity contribution in [3.63, 3.8) is 0 Å². The molecule has 0 radical (unpaired) electrons. The Morgan fingerprint density at radius 1 is 1.16 bits per heavy atom.